The molecule has 0 radical (unpaired) electrons. The summed E-state index contributed by atoms with van der Waals surface area (Å²) in [6.07, 6.45) is 0.0594. The van der Waals surface area contributed by atoms with E-state index in [2.05, 4.69) is 10.1 Å². The average molecular weight is 493 g/mol. The van der Waals surface area contributed by atoms with Crippen molar-refractivity contribution in [1.82, 2.24) is 15.0 Å². The summed E-state index contributed by atoms with van der Waals surface area (Å²) in [5.41, 5.74) is 1.48. The van der Waals surface area contributed by atoms with Crippen molar-refractivity contribution in [2.24, 2.45) is 0 Å². The SMILES string of the molecule is CCOc1ccc(-c2noc(C3CCN(C(=O)[C@H]4CN(c5ccccc5)C(=O)O4)CC3)n2)cc1OC. The van der Waals surface area contributed by atoms with Gasteiger partial charge in [0.25, 0.3) is 5.91 Å². The van der Waals surface area contributed by atoms with E-state index in [1.807, 2.05) is 55.5 Å². The molecule has 3 heterocycles. The number of benzene rings is 2. The molecule has 2 aliphatic heterocycles. The van der Waals surface area contributed by atoms with E-state index >= 15 is 0 Å². The molecule has 2 aliphatic rings. The van der Waals surface area contributed by atoms with Gasteiger partial charge in [-0.05, 0) is 50.1 Å². The number of carbonyl (C=O) groups is 2. The van der Waals surface area contributed by atoms with Gasteiger partial charge >= 0.3 is 6.09 Å². The van der Waals surface area contributed by atoms with Gasteiger partial charge in [0.2, 0.25) is 11.7 Å². The summed E-state index contributed by atoms with van der Waals surface area (Å²) in [5, 5.41) is 4.15. The molecule has 0 N–H and O–H groups in total. The molecule has 0 saturated carbocycles. The Balaban J connectivity index is 1.19. The first kappa shape index (κ1) is 23.7. The number of piperidine rings is 1. The van der Waals surface area contributed by atoms with Crippen LogP contribution in [0.3, 0.4) is 0 Å². The van der Waals surface area contributed by atoms with Crippen LogP contribution in [0.5, 0.6) is 11.5 Å². The summed E-state index contributed by atoms with van der Waals surface area (Å²) >= 11 is 0. The van der Waals surface area contributed by atoms with Crippen molar-refractivity contribution in [3.05, 3.63) is 54.4 Å². The van der Waals surface area contributed by atoms with E-state index in [4.69, 9.17) is 18.7 Å². The van der Waals surface area contributed by atoms with Gasteiger partial charge in [-0.1, -0.05) is 23.4 Å². The molecule has 10 heteroatoms. The highest BCUT2D eigenvalue weighted by Crippen LogP contribution is 2.33. The number of likely N-dealkylation sites (tertiary alicyclic amines) is 1. The maximum Gasteiger partial charge on any atom is 0.415 e. The molecule has 1 atom stereocenters. The van der Waals surface area contributed by atoms with Gasteiger partial charge in [-0.3, -0.25) is 9.69 Å². The lowest BCUT2D eigenvalue weighted by atomic mass is 9.96. The van der Waals surface area contributed by atoms with Crippen LogP contribution in [0.1, 0.15) is 31.6 Å². The molecule has 0 bridgehead atoms. The molecular formula is C26H28N4O6. The molecule has 5 rings (SSSR count). The molecule has 0 unspecified atom stereocenters. The van der Waals surface area contributed by atoms with Crippen LogP contribution in [0, 0.1) is 0 Å². The number of amides is 2. The number of para-hydroxylation sites is 1. The minimum atomic E-state index is -0.807. The summed E-state index contributed by atoms with van der Waals surface area (Å²) in [6, 6.07) is 14.7. The zero-order chi connectivity index (χ0) is 25.1. The van der Waals surface area contributed by atoms with Crippen molar-refractivity contribution in [2.75, 3.05) is 38.3 Å². The van der Waals surface area contributed by atoms with E-state index in [-0.39, 0.29) is 18.4 Å². The number of carbonyl (C=O) groups excluding carboxylic acids is 2. The highest BCUT2D eigenvalue weighted by Gasteiger charge is 2.40. The summed E-state index contributed by atoms with van der Waals surface area (Å²) in [4.78, 5) is 33.2. The van der Waals surface area contributed by atoms with Crippen molar-refractivity contribution in [3.8, 4) is 22.9 Å². The third-order valence-electron chi connectivity index (χ3n) is 6.47. The summed E-state index contributed by atoms with van der Waals surface area (Å²) in [6.45, 7) is 3.71. The Morgan fingerprint density at radius 1 is 1.11 bits per heavy atom. The minimum absolute atomic E-state index is 0.0480. The molecule has 2 saturated heterocycles. The molecule has 36 heavy (non-hydrogen) atoms. The Bertz CT molecular complexity index is 1220. The van der Waals surface area contributed by atoms with Crippen LogP contribution in [0.2, 0.25) is 0 Å². The van der Waals surface area contributed by atoms with Crippen LogP contribution in [0.4, 0.5) is 10.5 Å². The molecule has 2 amide bonds. The molecule has 188 valence electrons. The van der Waals surface area contributed by atoms with Crippen LogP contribution in [-0.2, 0) is 9.53 Å². The molecule has 2 aromatic carbocycles. The van der Waals surface area contributed by atoms with Gasteiger partial charge in [0.1, 0.15) is 0 Å². The lowest BCUT2D eigenvalue weighted by Crippen LogP contribution is -2.45. The van der Waals surface area contributed by atoms with Crippen LogP contribution in [0.25, 0.3) is 11.4 Å². The predicted molar refractivity (Wildman–Crippen MR) is 130 cm³/mol. The Morgan fingerprint density at radius 2 is 1.89 bits per heavy atom. The highest BCUT2D eigenvalue weighted by atomic mass is 16.6. The third kappa shape index (κ3) is 4.71. The molecular weight excluding hydrogens is 464 g/mol. The van der Waals surface area contributed by atoms with Gasteiger partial charge in [0, 0.05) is 30.3 Å². The summed E-state index contributed by atoms with van der Waals surface area (Å²) < 4.78 is 21.9. The molecule has 3 aromatic rings. The van der Waals surface area contributed by atoms with Crippen molar-refractivity contribution in [3.63, 3.8) is 0 Å². The second-order valence-electron chi connectivity index (χ2n) is 8.67. The third-order valence-corrected chi connectivity index (χ3v) is 6.47. The molecule has 0 aliphatic carbocycles. The highest BCUT2D eigenvalue weighted by molar-refractivity contribution is 5.95. The van der Waals surface area contributed by atoms with Crippen LogP contribution in [-0.4, -0.2) is 66.5 Å². The number of methoxy groups -OCH3 is 1. The molecule has 1 aromatic heterocycles. The minimum Gasteiger partial charge on any atom is -0.493 e. The number of hydrogen-bond donors (Lipinski definition) is 0. The molecule has 2 fully saturated rings. The van der Waals surface area contributed by atoms with E-state index in [0.717, 1.165) is 5.56 Å². The van der Waals surface area contributed by atoms with Gasteiger partial charge in [-0.15, -0.1) is 0 Å². The quantitative estimate of drug-likeness (QED) is 0.489. The first-order chi connectivity index (χ1) is 17.6. The number of rotatable bonds is 7. The van der Waals surface area contributed by atoms with Gasteiger partial charge in [0.15, 0.2) is 17.6 Å². The standard InChI is InChI=1S/C26H28N4O6/c1-3-34-20-10-9-18(15-21(20)33-2)23-27-24(36-28-23)17-11-13-29(14-12-17)25(31)22-16-30(26(32)35-22)19-7-5-4-6-8-19/h4-10,15,17,22H,3,11-14,16H2,1-2H3/t22-/m1/s1. The fourth-order valence-electron chi connectivity index (χ4n) is 4.56. The van der Waals surface area contributed by atoms with Crippen LogP contribution >= 0.6 is 0 Å². The van der Waals surface area contributed by atoms with E-state index in [1.54, 1.807) is 12.0 Å². The monoisotopic (exact) mass is 492 g/mol. The van der Waals surface area contributed by atoms with Crippen molar-refractivity contribution in [2.45, 2.75) is 31.8 Å². The first-order valence-corrected chi connectivity index (χ1v) is 12.0. The summed E-state index contributed by atoms with van der Waals surface area (Å²) in [5.74, 6) is 2.16. The molecule has 0 spiro atoms. The normalized spacial score (nSPS) is 18.3. The van der Waals surface area contributed by atoms with Crippen molar-refractivity contribution >= 4 is 17.7 Å². The van der Waals surface area contributed by atoms with E-state index in [9.17, 15) is 9.59 Å². The second-order valence-corrected chi connectivity index (χ2v) is 8.67. The van der Waals surface area contributed by atoms with Crippen molar-refractivity contribution < 1.29 is 28.3 Å². The van der Waals surface area contributed by atoms with Gasteiger partial charge < -0.3 is 23.6 Å². The van der Waals surface area contributed by atoms with E-state index in [1.165, 1.54) is 4.90 Å². The number of aromatic nitrogens is 2. The van der Waals surface area contributed by atoms with E-state index < -0.39 is 12.2 Å². The number of anilines is 1. The maximum absolute atomic E-state index is 13.0. The smallest absolute Gasteiger partial charge is 0.415 e. The van der Waals surface area contributed by atoms with Gasteiger partial charge in [-0.25, -0.2) is 4.79 Å². The zero-order valence-corrected chi connectivity index (χ0v) is 20.3. The maximum atomic E-state index is 13.0. The lowest BCUT2D eigenvalue weighted by molar-refractivity contribution is -0.139. The van der Waals surface area contributed by atoms with Crippen LogP contribution in [0.15, 0.2) is 53.1 Å². The fraction of sp³-hybridized carbons (Fsp3) is 0.385. The number of hydrogen-bond acceptors (Lipinski definition) is 8. The first-order valence-electron chi connectivity index (χ1n) is 12.0. The fourth-order valence-corrected chi connectivity index (χ4v) is 4.56. The predicted octanol–water partition coefficient (Wildman–Crippen LogP) is 3.88. The topological polar surface area (TPSA) is 107 Å². The number of ether oxygens (including phenoxy) is 3. The largest absolute Gasteiger partial charge is 0.493 e. The van der Waals surface area contributed by atoms with Crippen molar-refractivity contribution in [1.29, 1.82) is 0 Å². The molecule has 10 nitrogen and oxygen atoms in total. The second kappa shape index (κ2) is 10.3. The Labute approximate surface area is 208 Å². The van der Waals surface area contributed by atoms with Gasteiger partial charge in [-0.2, -0.15) is 4.98 Å². The average Bonchev–Trinajstić information content (AvgIpc) is 3.57. The van der Waals surface area contributed by atoms with E-state index in [0.29, 0.717) is 61.4 Å². The Hall–Kier alpha value is -4.08. The van der Waals surface area contributed by atoms with Gasteiger partial charge in [0.05, 0.1) is 20.3 Å². The number of cyclic esters (lactones) is 1. The zero-order valence-electron chi connectivity index (χ0n) is 20.3. The number of nitrogens with zero attached hydrogens (tertiary/aromatic N) is 4. The Morgan fingerprint density at radius 3 is 2.61 bits per heavy atom. The van der Waals surface area contributed by atoms with Crippen LogP contribution < -0.4 is 14.4 Å². The lowest BCUT2D eigenvalue weighted by Gasteiger charge is -2.31. The Kier molecular flexibility index (Phi) is 6.75. The summed E-state index contributed by atoms with van der Waals surface area (Å²) in [7, 11) is 1.59.